The van der Waals surface area contributed by atoms with Gasteiger partial charge in [-0.3, -0.25) is 4.79 Å². The highest BCUT2D eigenvalue weighted by molar-refractivity contribution is 6.74. The zero-order chi connectivity index (χ0) is 18.2. The lowest BCUT2D eigenvalue weighted by Crippen LogP contribution is -2.44. The third-order valence-corrected chi connectivity index (χ3v) is 11.5. The number of hydrogen-bond donors (Lipinski definition) is 0. The van der Waals surface area contributed by atoms with Crippen LogP contribution in [0.25, 0.3) is 0 Å². The van der Waals surface area contributed by atoms with Crippen molar-refractivity contribution in [2.75, 3.05) is 13.2 Å². The number of fused-ring (bicyclic) bond motifs is 1. The summed E-state index contributed by atoms with van der Waals surface area (Å²) in [5.41, 5.74) is 0. The Morgan fingerprint density at radius 3 is 2.60 bits per heavy atom. The van der Waals surface area contributed by atoms with Crippen molar-refractivity contribution in [3.63, 3.8) is 0 Å². The molecular weight excluding hydrogens is 332 g/mol. The van der Waals surface area contributed by atoms with Crippen molar-refractivity contribution in [1.29, 1.82) is 0 Å². The van der Waals surface area contributed by atoms with E-state index in [1.165, 1.54) is 6.42 Å². The fourth-order valence-electron chi connectivity index (χ4n) is 4.39. The molecule has 144 valence electrons. The summed E-state index contributed by atoms with van der Waals surface area (Å²) < 4.78 is 18.7. The number of carbonyl (C=O) groups is 1. The Labute approximate surface area is 154 Å². The van der Waals surface area contributed by atoms with Gasteiger partial charge in [0.05, 0.1) is 6.10 Å². The third kappa shape index (κ3) is 4.37. The summed E-state index contributed by atoms with van der Waals surface area (Å²) >= 11 is 0. The van der Waals surface area contributed by atoms with Gasteiger partial charge in [-0.05, 0) is 55.7 Å². The van der Waals surface area contributed by atoms with Gasteiger partial charge in [0.2, 0.25) is 0 Å². The van der Waals surface area contributed by atoms with E-state index in [2.05, 4.69) is 33.9 Å². The summed E-state index contributed by atoms with van der Waals surface area (Å²) in [7, 11) is -1.79. The Balaban J connectivity index is 1.66. The van der Waals surface area contributed by atoms with Crippen LogP contribution in [0.1, 0.15) is 59.3 Å². The summed E-state index contributed by atoms with van der Waals surface area (Å²) in [5.74, 6) is 1.72. The average molecular weight is 369 g/mol. The second kappa shape index (κ2) is 7.41. The predicted molar refractivity (Wildman–Crippen MR) is 101 cm³/mol. The monoisotopic (exact) mass is 368 g/mol. The quantitative estimate of drug-likeness (QED) is 0.669. The Bertz CT molecular complexity index is 479. The van der Waals surface area contributed by atoms with Gasteiger partial charge in [-0.1, -0.05) is 20.8 Å². The largest absolute Gasteiger partial charge is 0.416 e. The first kappa shape index (κ1) is 19.5. The van der Waals surface area contributed by atoms with E-state index in [1.54, 1.807) is 0 Å². The van der Waals surface area contributed by atoms with Crippen LogP contribution in [0.4, 0.5) is 0 Å². The molecule has 0 aromatic rings. The maximum absolute atomic E-state index is 12.0. The number of ketones is 1. The number of hydrogen-bond acceptors (Lipinski definition) is 4. The van der Waals surface area contributed by atoms with Crippen LogP contribution < -0.4 is 0 Å². The molecule has 0 aromatic heterocycles. The van der Waals surface area contributed by atoms with E-state index in [1.807, 2.05) is 0 Å². The third-order valence-electron chi connectivity index (χ3n) is 7.03. The van der Waals surface area contributed by atoms with Crippen molar-refractivity contribution < 1.29 is 18.7 Å². The van der Waals surface area contributed by atoms with E-state index in [-0.39, 0.29) is 17.4 Å². The maximum atomic E-state index is 12.0. The predicted octanol–water partition coefficient (Wildman–Crippen LogP) is 4.54. The minimum atomic E-state index is -1.79. The SMILES string of the molecule is CC(C)(C)[Si](C)(C)OCC1C(OC2CCCCO2)CC2CC(=O)CC21. The van der Waals surface area contributed by atoms with Crippen molar-refractivity contribution in [3.8, 4) is 0 Å². The van der Waals surface area contributed by atoms with Crippen molar-refractivity contribution in [2.24, 2.45) is 17.8 Å². The normalized spacial score (nSPS) is 36.7. The van der Waals surface area contributed by atoms with E-state index in [4.69, 9.17) is 13.9 Å². The molecule has 0 spiro atoms. The molecule has 3 fully saturated rings. The van der Waals surface area contributed by atoms with Crippen LogP contribution in [0.15, 0.2) is 0 Å². The lowest BCUT2D eigenvalue weighted by Gasteiger charge is -2.38. The standard InChI is InChI=1S/C20H36O4Si/c1-20(2,3)25(4,5)23-13-17-16-12-15(21)10-14(16)11-18(17)24-19-8-6-7-9-22-19/h14,16-19H,6-13H2,1-5H3. The molecule has 0 aromatic carbocycles. The van der Waals surface area contributed by atoms with Crippen molar-refractivity contribution >= 4 is 14.1 Å². The van der Waals surface area contributed by atoms with Gasteiger partial charge < -0.3 is 13.9 Å². The average Bonchev–Trinajstić information content (AvgIpc) is 3.01. The highest BCUT2D eigenvalue weighted by Crippen LogP contribution is 2.49. The smallest absolute Gasteiger partial charge is 0.191 e. The maximum Gasteiger partial charge on any atom is 0.191 e. The molecule has 0 radical (unpaired) electrons. The van der Waals surface area contributed by atoms with Crippen LogP contribution in [0.5, 0.6) is 0 Å². The van der Waals surface area contributed by atoms with Gasteiger partial charge in [0.25, 0.3) is 0 Å². The molecule has 1 saturated heterocycles. The van der Waals surface area contributed by atoms with Crippen LogP contribution in [0.3, 0.4) is 0 Å². The molecular formula is C20H36O4Si. The summed E-state index contributed by atoms with van der Waals surface area (Å²) in [4.78, 5) is 12.0. The fraction of sp³-hybridized carbons (Fsp3) is 0.950. The number of Topliss-reactive ketones (excluding diaryl/α,β-unsaturated/α-hetero) is 1. The van der Waals surface area contributed by atoms with Crippen molar-refractivity contribution in [3.05, 3.63) is 0 Å². The molecule has 1 aliphatic heterocycles. The fourth-order valence-corrected chi connectivity index (χ4v) is 5.43. The summed E-state index contributed by atoms with van der Waals surface area (Å²) in [6, 6.07) is 0. The zero-order valence-electron chi connectivity index (χ0n) is 16.7. The molecule has 2 saturated carbocycles. The van der Waals surface area contributed by atoms with Crippen molar-refractivity contribution in [2.45, 2.75) is 89.8 Å². The molecule has 0 amide bonds. The molecule has 4 nitrogen and oxygen atoms in total. The number of carbonyl (C=O) groups excluding carboxylic acids is 1. The molecule has 0 bridgehead atoms. The molecule has 3 aliphatic rings. The first-order valence-electron chi connectivity index (χ1n) is 10.1. The van der Waals surface area contributed by atoms with Crippen LogP contribution in [0, 0.1) is 17.8 Å². The zero-order valence-corrected chi connectivity index (χ0v) is 17.7. The van der Waals surface area contributed by atoms with Crippen LogP contribution in [-0.4, -0.2) is 39.7 Å². The topological polar surface area (TPSA) is 44.8 Å². The Hall–Kier alpha value is -0.233. The van der Waals surface area contributed by atoms with Gasteiger partial charge in [-0.2, -0.15) is 0 Å². The van der Waals surface area contributed by atoms with Gasteiger partial charge in [0, 0.05) is 32.0 Å². The summed E-state index contributed by atoms with van der Waals surface area (Å²) in [6.07, 6.45) is 5.94. The van der Waals surface area contributed by atoms with Gasteiger partial charge in [-0.25, -0.2) is 0 Å². The second-order valence-corrected chi connectivity index (χ2v) is 14.6. The molecule has 3 rings (SSSR count). The van der Waals surface area contributed by atoms with Gasteiger partial charge in [0.1, 0.15) is 5.78 Å². The second-order valence-electron chi connectivity index (χ2n) is 9.81. The van der Waals surface area contributed by atoms with E-state index in [9.17, 15) is 4.79 Å². The Morgan fingerprint density at radius 2 is 1.96 bits per heavy atom. The molecule has 5 atom stereocenters. The van der Waals surface area contributed by atoms with E-state index in [0.29, 0.717) is 23.5 Å². The molecule has 0 N–H and O–H groups in total. The lowest BCUT2D eigenvalue weighted by molar-refractivity contribution is -0.198. The highest BCUT2D eigenvalue weighted by Gasteiger charge is 2.50. The summed E-state index contributed by atoms with van der Waals surface area (Å²) in [5, 5.41) is 0.208. The summed E-state index contributed by atoms with van der Waals surface area (Å²) in [6.45, 7) is 13.0. The van der Waals surface area contributed by atoms with E-state index < -0.39 is 8.32 Å². The molecule has 1 heterocycles. The first-order valence-corrected chi connectivity index (χ1v) is 13.0. The first-order chi connectivity index (χ1) is 11.7. The Morgan fingerprint density at radius 1 is 1.20 bits per heavy atom. The van der Waals surface area contributed by atoms with Crippen molar-refractivity contribution in [1.82, 2.24) is 0 Å². The van der Waals surface area contributed by atoms with Gasteiger partial charge >= 0.3 is 0 Å². The van der Waals surface area contributed by atoms with Gasteiger partial charge in [-0.15, -0.1) is 0 Å². The Kier molecular flexibility index (Phi) is 5.79. The van der Waals surface area contributed by atoms with Gasteiger partial charge in [0.15, 0.2) is 14.6 Å². The molecule has 5 heteroatoms. The van der Waals surface area contributed by atoms with E-state index >= 15 is 0 Å². The lowest BCUT2D eigenvalue weighted by atomic mass is 9.92. The highest BCUT2D eigenvalue weighted by atomic mass is 28.4. The van der Waals surface area contributed by atoms with Crippen LogP contribution in [0.2, 0.25) is 18.1 Å². The molecule has 5 unspecified atom stereocenters. The number of rotatable bonds is 5. The minimum absolute atomic E-state index is 0.0522. The molecule has 25 heavy (non-hydrogen) atoms. The van der Waals surface area contributed by atoms with Crippen LogP contribution >= 0.6 is 0 Å². The van der Waals surface area contributed by atoms with E-state index in [0.717, 1.165) is 45.3 Å². The van der Waals surface area contributed by atoms with Crippen LogP contribution in [-0.2, 0) is 18.7 Å². The molecule has 2 aliphatic carbocycles. The number of ether oxygens (including phenoxy) is 2. The minimum Gasteiger partial charge on any atom is -0.416 e.